The molecule has 0 fully saturated rings. The summed E-state index contributed by atoms with van der Waals surface area (Å²) in [5.41, 5.74) is 6.33. The van der Waals surface area contributed by atoms with Gasteiger partial charge >= 0.3 is 0 Å². The van der Waals surface area contributed by atoms with Crippen LogP contribution in [0.1, 0.15) is 0 Å². The smallest absolute Gasteiger partial charge is 0.137 e. The molecule has 15 heavy (non-hydrogen) atoms. The van der Waals surface area contributed by atoms with Gasteiger partial charge in [0, 0.05) is 15.5 Å². The number of hydrogen-bond donors (Lipinski definition) is 1. The van der Waals surface area contributed by atoms with Crippen LogP contribution in [0.2, 0.25) is 0 Å². The SMILES string of the molecule is Nc1cccc(Sc2ccccc2F)c1. The first-order chi connectivity index (χ1) is 7.25. The van der Waals surface area contributed by atoms with Gasteiger partial charge in [-0.25, -0.2) is 4.39 Å². The molecule has 0 heterocycles. The zero-order valence-corrected chi connectivity index (χ0v) is 8.80. The zero-order valence-electron chi connectivity index (χ0n) is 7.98. The normalized spacial score (nSPS) is 10.2. The van der Waals surface area contributed by atoms with Crippen molar-refractivity contribution in [3.63, 3.8) is 0 Å². The van der Waals surface area contributed by atoms with Gasteiger partial charge in [-0.1, -0.05) is 30.0 Å². The summed E-state index contributed by atoms with van der Waals surface area (Å²) < 4.78 is 13.3. The van der Waals surface area contributed by atoms with Crippen LogP contribution in [0.4, 0.5) is 10.1 Å². The van der Waals surface area contributed by atoms with Crippen molar-refractivity contribution in [2.24, 2.45) is 0 Å². The molecule has 2 aromatic rings. The maximum absolute atomic E-state index is 13.3. The summed E-state index contributed by atoms with van der Waals surface area (Å²) >= 11 is 1.37. The fraction of sp³-hybridized carbons (Fsp3) is 0. The largest absolute Gasteiger partial charge is 0.399 e. The quantitative estimate of drug-likeness (QED) is 0.781. The summed E-state index contributed by atoms with van der Waals surface area (Å²) in [6, 6.07) is 14.1. The fourth-order valence-electron chi connectivity index (χ4n) is 1.23. The third-order valence-electron chi connectivity index (χ3n) is 1.92. The number of rotatable bonds is 2. The molecule has 2 aromatic carbocycles. The minimum atomic E-state index is -0.204. The van der Waals surface area contributed by atoms with Crippen molar-refractivity contribution in [1.29, 1.82) is 0 Å². The van der Waals surface area contributed by atoms with E-state index in [1.165, 1.54) is 17.8 Å². The molecule has 0 aliphatic heterocycles. The van der Waals surface area contributed by atoms with Crippen LogP contribution in [0.15, 0.2) is 58.3 Å². The Morgan fingerprint density at radius 3 is 2.53 bits per heavy atom. The van der Waals surface area contributed by atoms with E-state index in [9.17, 15) is 4.39 Å². The molecule has 0 atom stereocenters. The van der Waals surface area contributed by atoms with E-state index in [1.807, 2.05) is 30.3 Å². The summed E-state index contributed by atoms with van der Waals surface area (Å²) in [4.78, 5) is 1.56. The summed E-state index contributed by atoms with van der Waals surface area (Å²) in [6.07, 6.45) is 0. The summed E-state index contributed by atoms with van der Waals surface area (Å²) in [5, 5.41) is 0. The molecular weight excluding hydrogens is 209 g/mol. The van der Waals surface area contributed by atoms with Gasteiger partial charge in [0.1, 0.15) is 5.82 Å². The van der Waals surface area contributed by atoms with Crippen LogP contribution in [0, 0.1) is 5.82 Å². The number of anilines is 1. The molecule has 0 amide bonds. The lowest BCUT2D eigenvalue weighted by molar-refractivity contribution is 0.602. The zero-order chi connectivity index (χ0) is 10.7. The third kappa shape index (κ3) is 2.50. The topological polar surface area (TPSA) is 26.0 Å². The lowest BCUT2D eigenvalue weighted by Crippen LogP contribution is -1.84. The van der Waals surface area contributed by atoms with Gasteiger partial charge in [0.25, 0.3) is 0 Å². The van der Waals surface area contributed by atoms with Gasteiger partial charge in [-0.05, 0) is 30.3 Å². The standard InChI is InChI=1S/C12H10FNS/c13-11-6-1-2-7-12(11)15-10-5-3-4-9(14)8-10/h1-8H,14H2. The Bertz CT molecular complexity index is 471. The Balaban J connectivity index is 2.26. The molecule has 0 bridgehead atoms. The predicted octanol–water partition coefficient (Wildman–Crippen LogP) is 3.56. The van der Waals surface area contributed by atoms with Crippen molar-refractivity contribution < 1.29 is 4.39 Å². The molecule has 0 saturated heterocycles. The van der Waals surface area contributed by atoms with Gasteiger partial charge in [0.2, 0.25) is 0 Å². The molecule has 0 aliphatic carbocycles. The second-order valence-corrected chi connectivity index (χ2v) is 4.22. The van der Waals surface area contributed by atoms with Gasteiger partial charge in [0.15, 0.2) is 0 Å². The van der Waals surface area contributed by atoms with Crippen LogP contribution >= 0.6 is 11.8 Å². The summed E-state index contributed by atoms with van der Waals surface area (Å²) in [6.45, 7) is 0. The molecule has 3 heteroatoms. The minimum Gasteiger partial charge on any atom is -0.399 e. The van der Waals surface area contributed by atoms with Crippen molar-refractivity contribution in [3.8, 4) is 0 Å². The first-order valence-electron chi connectivity index (χ1n) is 4.53. The van der Waals surface area contributed by atoms with E-state index in [0.29, 0.717) is 10.6 Å². The highest BCUT2D eigenvalue weighted by molar-refractivity contribution is 7.99. The molecule has 0 aromatic heterocycles. The fourth-order valence-corrected chi connectivity index (χ4v) is 2.14. The first-order valence-corrected chi connectivity index (χ1v) is 5.35. The van der Waals surface area contributed by atoms with E-state index in [4.69, 9.17) is 5.73 Å². The number of hydrogen-bond acceptors (Lipinski definition) is 2. The van der Waals surface area contributed by atoms with E-state index < -0.39 is 0 Å². The van der Waals surface area contributed by atoms with Crippen molar-refractivity contribution in [2.45, 2.75) is 9.79 Å². The van der Waals surface area contributed by atoms with Crippen LogP contribution in [-0.2, 0) is 0 Å². The third-order valence-corrected chi connectivity index (χ3v) is 2.96. The van der Waals surface area contributed by atoms with E-state index in [2.05, 4.69) is 0 Å². The number of nitrogen functional groups attached to an aromatic ring is 1. The van der Waals surface area contributed by atoms with Gasteiger partial charge in [-0.15, -0.1) is 0 Å². The van der Waals surface area contributed by atoms with Crippen molar-refractivity contribution >= 4 is 17.4 Å². The number of nitrogens with two attached hydrogens (primary N) is 1. The Morgan fingerprint density at radius 1 is 1.00 bits per heavy atom. The van der Waals surface area contributed by atoms with Crippen LogP contribution in [-0.4, -0.2) is 0 Å². The molecule has 2 rings (SSSR count). The van der Waals surface area contributed by atoms with Crippen LogP contribution in [0.5, 0.6) is 0 Å². The Labute approximate surface area is 92.1 Å². The Kier molecular flexibility index (Phi) is 2.92. The second-order valence-electron chi connectivity index (χ2n) is 3.10. The van der Waals surface area contributed by atoms with E-state index in [-0.39, 0.29) is 5.82 Å². The maximum Gasteiger partial charge on any atom is 0.137 e. The lowest BCUT2D eigenvalue weighted by atomic mass is 10.3. The molecule has 76 valence electrons. The molecule has 0 aliphatic rings. The highest BCUT2D eigenvalue weighted by Gasteiger charge is 2.02. The highest BCUT2D eigenvalue weighted by Crippen LogP contribution is 2.30. The van der Waals surface area contributed by atoms with E-state index in [0.717, 1.165) is 4.90 Å². The second kappa shape index (κ2) is 4.36. The Morgan fingerprint density at radius 2 is 1.80 bits per heavy atom. The minimum absolute atomic E-state index is 0.204. The van der Waals surface area contributed by atoms with Gasteiger partial charge in [-0.3, -0.25) is 0 Å². The van der Waals surface area contributed by atoms with Crippen molar-refractivity contribution in [2.75, 3.05) is 5.73 Å². The highest BCUT2D eigenvalue weighted by atomic mass is 32.2. The van der Waals surface area contributed by atoms with Crippen LogP contribution < -0.4 is 5.73 Å². The lowest BCUT2D eigenvalue weighted by Gasteiger charge is -2.03. The maximum atomic E-state index is 13.3. The number of benzene rings is 2. The summed E-state index contributed by atoms with van der Waals surface area (Å²) in [7, 11) is 0. The Hall–Kier alpha value is -1.48. The first kappa shape index (κ1) is 10.1. The average molecular weight is 219 g/mol. The average Bonchev–Trinajstić information content (AvgIpc) is 2.22. The number of halogens is 1. The molecule has 1 nitrogen and oxygen atoms in total. The van der Waals surface area contributed by atoms with Crippen molar-refractivity contribution in [1.82, 2.24) is 0 Å². The summed E-state index contributed by atoms with van der Waals surface area (Å²) in [5.74, 6) is -0.204. The van der Waals surface area contributed by atoms with Crippen LogP contribution in [0.25, 0.3) is 0 Å². The molecular formula is C12H10FNS. The van der Waals surface area contributed by atoms with E-state index in [1.54, 1.807) is 12.1 Å². The molecule has 0 spiro atoms. The van der Waals surface area contributed by atoms with Crippen LogP contribution in [0.3, 0.4) is 0 Å². The van der Waals surface area contributed by atoms with Gasteiger partial charge < -0.3 is 5.73 Å². The van der Waals surface area contributed by atoms with E-state index >= 15 is 0 Å². The molecule has 2 N–H and O–H groups in total. The van der Waals surface area contributed by atoms with Crippen molar-refractivity contribution in [3.05, 3.63) is 54.3 Å². The molecule has 0 radical (unpaired) electrons. The van der Waals surface area contributed by atoms with Gasteiger partial charge in [-0.2, -0.15) is 0 Å². The predicted molar refractivity (Wildman–Crippen MR) is 61.4 cm³/mol. The molecule has 0 saturated carbocycles. The molecule has 0 unspecified atom stereocenters. The monoisotopic (exact) mass is 219 g/mol. The van der Waals surface area contributed by atoms with Gasteiger partial charge in [0.05, 0.1) is 0 Å².